The summed E-state index contributed by atoms with van der Waals surface area (Å²) < 4.78 is 7.21. The van der Waals surface area contributed by atoms with E-state index in [1.807, 2.05) is 48.3 Å². The number of nitrogens with zero attached hydrogens (tertiary/aromatic N) is 4. The van der Waals surface area contributed by atoms with Crippen LogP contribution in [0, 0.1) is 6.92 Å². The second-order valence-electron chi connectivity index (χ2n) is 6.73. The molecule has 1 aromatic carbocycles. The zero-order chi connectivity index (χ0) is 20.2. The van der Waals surface area contributed by atoms with Gasteiger partial charge < -0.3 is 15.4 Å². The number of rotatable bonds is 8. The molecule has 0 aliphatic carbocycles. The molecule has 1 aliphatic heterocycles. The molecule has 29 heavy (non-hydrogen) atoms. The molecule has 1 saturated heterocycles. The van der Waals surface area contributed by atoms with E-state index in [4.69, 9.17) is 9.72 Å². The van der Waals surface area contributed by atoms with Crippen LogP contribution in [0.4, 0.5) is 21.3 Å². The van der Waals surface area contributed by atoms with Crippen molar-refractivity contribution in [1.29, 1.82) is 0 Å². The number of ether oxygens (including phenoxy) is 1. The molecule has 8 nitrogen and oxygen atoms in total. The number of anilines is 3. The Bertz CT molecular complexity index is 999. The Hall–Kier alpha value is -2.91. The number of hydrogen-bond acceptors (Lipinski definition) is 6. The number of aromatic nitrogens is 3. The van der Waals surface area contributed by atoms with Crippen molar-refractivity contribution in [2.45, 2.75) is 20.4 Å². The van der Waals surface area contributed by atoms with Gasteiger partial charge in [-0.2, -0.15) is 5.10 Å². The van der Waals surface area contributed by atoms with Crippen molar-refractivity contribution in [3.8, 4) is 11.3 Å². The van der Waals surface area contributed by atoms with Gasteiger partial charge in [-0.1, -0.05) is 6.07 Å². The smallest absolute Gasteiger partial charge is 0.321 e. The van der Waals surface area contributed by atoms with Gasteiger partial charge in [0.05, 0.1) is 30.7 Å². The first-order valence-electron chi connectivity index (χ1n) is 9.63. The van der Waals surface area contributed by atoms with Crippen molar-refractivity contribution in [3.05, 3.63) is 41.5 Å². The molecule has 0 atom stereocenters. The van der Waals surface area contributed by atoms with E-state index < -0.39 is 0 Å². The predicted molar refractivity (Wildman–Crippen MR) is 115 cm³/mol. The monoisotopic (exact) mass is 412 g/mol. The predicted octanol–water partition coefficient (Wildman–Crippen LogP) is 3.62. The molecular weight excluding hydrogens is 388 g/mol. The molecule has 2 amide bonds. The maximum absolute atomic E-state index is 11.9. The highest BCUT2D eigenvalue weighted by atomic mass is 32.1. The lowest BCUT2D eigenvalue weighted by Gasteiger charge is -2.16. The van der Waals surface area contributed by atoms with E-state index in [0.717, 1.165) is 39.9 Å². The molecule has 1 fully saturated rings. The summed E-state index contributed by atoms with van der Waals surface area (Å²) in [6.45, 7) is 7.48. The van der Waals surface area contributed by atoms with Gasteiger partial charge in [0.15, 0.2) is 5.13 Å². The molecule has 2 N–H and O–H groups in total. The number of carbonyl (C=O) groups is 1. The maximum atomic E-state index is 11.9. The molecule has 4 rings (SSSR count). The minimum atomic E-state index is -0.0425. The Kier molecular flexibility index (Phi) is 5.77. The molecular formula is C20H24N6O2S. The van der Waals surface area contributed by atoms with Crippen molar-refractivity contribution in [2.24, 2.45) is 0 Å². The SMILES string of the molecule is CCOCCn1cc(Nc2nc(-c3ccc(N4CCNC4=O)cc3C)cs2)cn1. The van der Waals surface area contributed by atoms with Crippen LogP contribution in [0.25, 0.3) is 11.3 Å². The molecule has 3 heterocycles. The zero-order valence-electron chi connectivity index (χ0n) is 16.5. The zero-order valence-corrected chi connectivity index (χ0v) is 17.3. The lowest BCUT2D eigenvalue weighted by molar-refractivity contribution is 0.136. The van der Waals surface area contributed by atoms with Crippen LogP contribution in [0.15, 0.2) is 36.0 Å². The van der Waals surface area contributed by atoms with Crippen LogP contribution in [0.2, 0.25) is 0 Å². The molecule has 0 bridgehead atoms. The summed E-state index contributed by atoms with van der Waals surface area (Å²) in [5.41, 5.74) is 4.87. The standard InChI is InChI=1S/C20H24N6O2S/c1-3-28-9-8-25-12-15(11-22-25)23-19-24-18(13-29-19)17-5-4-16(10-14(17)2)26-7-6-21-20(26)27/h4-5,10-13H,3,6-9H2,1-2H3,(H,21,27)(H,23,24). The Morgan fingerprint density at radius 2 is 2.28 bits per heavy atom. The lowest BCUT2D eigenvalue weighted by Crippen LogP contribution is -2.27. The summed E-state index contributed by atoms with van der Waals surface area (Å²) in [6.07, 6.45) is 3.73. The number of amides is 2. The van der Waals surface area contributed by atoms with Gasteiger partial charge in [0.2, 0.25) is 0 Å². The largest absolute Gasteiger partial charge is 0.380 e. The second-order valence-corrected chi connectivity index (χ2v) is 7.59. The van der Waals surface area contributed by atoms with Gasteiger partial charge in [0.1, 0.15) is 0 Å². The summed E-state index contributed by atoms with van der Waals surface area (Å²) >= 11 is 1.55. The van der Waals surface area contributed by atoms with Crippen molar-refractivity contribution in [1.82, 2.24) is 20.1 Å². The Balaban J connectivity index is 1.44. The van der Waals surface area contributed by atoms with E-state index in [2.05, 4.69) is 15.7 Å². The molecule has 3 aromatic rings. The fourth-order valence-electron chi connectivity index (χ4n) is 3.25. The van der Waals surface area contributed by atoms with E-state index in [1.54, 1.807) is 22.4 Å². The number of aryl methyl sites for hydroxylation is 1. The first-order chi connectivity index (χ1) is 14.1. The van der Waals surface area contributed by atoms with Crippen LogP contribution in [-0.2, 0) is 11.3 Å². The molecule has 152 valence electrons. The summed E-state index contributed by atoms with van der Waals surface area (Å²) in [4.78, 5) is 18.3. The molecule has 0 unspecified atom stereocenters. The average molecular weight is 413 g/mol. The molecule has 0 spiro atoms. The Labute approximate surface area is 173 Å². The summed E-state index contributed by atoms with van der Waals surface area (Å²) in [5.74, 6) is 0. The number of urea groups is 1. The third-order valence-corrected chi connectivity index (χ3v) is 5.47. The van der Waals surface area contributed by atoms with E-state index in [-0.39, 0.29) is 6.03 Å². The quantitative estimate of drug-likeness (QED) is 0.552. The number of nitrogens with one attached hydrogen (secondary N) is 2. The van der Waals surface area contributed by atoms with Crippen LogP contribution in [0.3, 0.4) is 0 Å². The maximum Gasteiger partial charge on any atom is 0.321 e. The van der Waals surface area contributed by atoms with E-state index in [9.17, 15) is 4.79 Å². The average Bonchev–Trinajstić information content (AvgIpc) is 3.44. The van der Waals surface area contributed by atoms with E-state index in [0.29, 0.717) is 26.3 Å². The molecule has 2 aromatic heterocycles. The summed E-state index contributed by atoms with van der Waals surface area (Å²) in [5, 5.41) is 13.3. The Morgan fingerprint density at radius 1 is 1.38 bits per heavy atom. The van der Waals surface area contributed by atoms with Gasteiger partial charge in [-0.3, -0.25) is 9.58 Å². The highest BCUT2D eigenvalue weighted by molar-refractivity contribution is 7.14. The normalized spacial score (nSPS) is 13.7. The van der Waals surface area contributed by atoms with Gasteiger partial charge in [-0.25, -0.2) is 9.78 Å². The number of benzene rings is 1. The fraction of sp³-hybridized carbons (Fsp3) is 0.350. The van der Waals surface area contributed by atoms with Gasteiger partial charge in [0, 0.05) is 42.5 Å². The van der Waals surface area contributed by atoms with Gasteiger partial charge in [0.25, 0.3) is 0 Å². The molecule has 0 radical (unpaired) electrons. The van der Waals surface area contributed by atoms with Crippen molar-refractivity contribution < 1.29 is 9.53 Å². The summed E-state index contributed by atoms with van der Waals surface area (Å²) in [6, 6.07) is 6.00. The topological polar surface area (TPSA) is 84.3 Å². The highest BCUT2D eigenvalue weighted by Gasteiger charge is 2.21. The molecule has 1 aliphatic rings. The van der Waals surface area contributed by atoms with Gasteiger partial charge >= 0.3 is 6.03 Å². The molecule has 0 saturated carbocycles. The lowest BCUT2D eigenvalue weighted by atomic mass is 10.1. The minimum absolute atomic E-state index is 0.0425. The highest BCUT2D eigenvalue weighted by Crippen LogP contribution is 2.31. The summed E-state index contributed by atoms with van der Waals surface area (Å²) in [7, 11) is 0. The first kappa shape index (κ1) is 19.4. The number of thiazole rings is 1. The minimum Gasteiger partial charge on any atom is -0.380 e. The van der Waals surface area contributed by atoms with Crippen LogP contribution in [-0.4, -0.2) is 47.1 Å². The first-order valence-corrected chi connectivity index (χ1v) is 10.5. The van der Waals surface area contributed by atoms with Gasteiger partial charge in [-0.05, 0) is 31.5 Å². The van der Waals surface area contributed by atoms with Crippen molar-refractivity contribution in [3.63, 3.8) is 0 Å². The van der Waals surface area contributed by atoms with Crippen LogP contribution >= 0.6 is 11.3 Å². The van der Waals surface area contributed by atoms with Crippen LogP contribution < -0.4 is 15.5 Å². The van der Waals surface area contributed by atoms with Gasteiger partial charge in [-0.15, -0.1) is 11.3 Å². The third-order valence-electron chi connectivity index (χ3n) is 4.71. The van der Waals surface area contributed by atoms with E-state index in [1.165, 1.54) is 0 Å². The van der Waals surface area contributed by atoms with Crippen molar-refractivity contribution >= 4 is 33.9 Å². The number of carbonyl (C=O) groups excluding carboxylic acids is 1. The van der Waals surface area contributed by atoms with Crippen molar-refractivity contribution in [2.75, 3.05) is 36.5 Å². The van der Waals surface area contributed by atoms with Crippen LogP contribution in [0.1, 0.15) is 12.5 Å². The molecule has 9 heteroatoms. The second kappa shape index (κ2) is 8.62. The third kappa shape index (κ3) is 4.41. The van der Waals surface area contributed by atoms with E-state index >= 15 is 0 Å². The fourth-order valence-corrected chi connectivity index (χ4v) is 3.98. The van der Waals surface area contributed by atoms with Crippen LogP contribution in [0.5, 0.6) is 0 Å². The number of hydrogen-bond donors (Lipinski definition) is 2. The Morgan fingerprint density at radius 3 is 3.03 bits per heavy atom.